The zero-order valence-electron chi connectivity index (χ0n) is 15.2. The fourth-order valence-corrected chi connectivity index (χ4v) is 7.07. The number of nitrogens with one attached hydrogen (secondary N) is 1. The van der Waals surface area contributed by atoms with Gasteiger partial charge in [-0.3, -0.25) is 28.6 Å². The van der Waals surface area contributed by atoms with E-state index in [4.69, 9.17) is 19.2 Å². The zero-order chi connectivity index (χ0) is 20.6. The lowest BCUT2D eigenvalue weighted by Crippen LogP contribution is -2.37. The molecule has 1 fully saturated rings. The summed E-state index contributed by atoms with van der Waals surface area (Å²) in [6.07, 6.45) is 1.08. The van der Waals surface area contributed by atoms with E-state index in [1.807, 2.05) is 0 Å². The molecule has 1 saturated heterocycles. The van der Waals surface area contributed by atoms with E-state index in [-0.39, 0.29) is 5.90 Å². The van der Waals surface area contributed by atoms with E-state index in [2.05, 4.69) is 4.98 Å². The predicted octanol–water partition coefficient (Wildman–Crippen LogP) is 3.49. The molecule has 0 aliphatic carbocycles. The summed E-state index contributed by atoms with van der Waals surface area (Å²) in [5, 5.41) is 15.6. The first-order chi connectivity index (χ1) is 13.0. The van der Waals surface area contributed by atoms with Crippen LogP contribution in [0.25, 0.3) is 0 Å². The molecule has 150 valence electrons. The Morgan fingerprint density at radius 2 is 1.96 bits per heavy atom. The second-order valence-corrected chi connectivity index (χ2v) is 11.4. The van der Waals surface area contributed by atoms with Crippen LogP contribution in [0.15, 0.2) is 48.8 Å². The highest BCUT2D eigenvalue weighted by atomic mass is 31.2. The molecule has 0 amide bonds. The van der Waals surface area contributed by atoms with E-state index in [0.717, 1.165) is 6.66 Å². The van der Waals surface area contributed by atoms with E-state index in [9.17, 15) is 19.1 Å². The largest absolute Gasteiger partial charge is 0.444 e. The van der Waals surface area contributed by atoms with Crippen molar-refractivity contribution < 1.29 is 32.9 Å². The van der Waals surface area contributed by atoms with Gasteiger partial charge in [0.2, 0.25) is 12.5 Å². The number of aliphatic hydroxyl groups is 1. The Hall–Kier alpha value is -1.86. The van der Waals surface area contributed by atoms with Crippen molar-refractivity contribution in [3.63, 3.8) is 0 Å². The summed E-state index contributed by atoms with van der Waals surface area (Å²) in [5.41, 5.74) is 0.727. The molecule has 9 nitrogen and oxygen atoms in total. The maximum Gasteiger partial charge on any atom is 0.372 e. The highest BCUT2D eigenvalue weighted by Gasteiger charge is 2.64. The summed E-state index contributed by atoms with van der Waals surface area (Å²) < 4.78 is 41.8. The number of pyridine rings is 1. The van der Waals surface area contributed by atoms with E-state index >= 15 is 0 Å². The van der Waals surface area contributed by atoms with E-state index in [1.54, 1.807) is 12.1 Å². The van der Waals surface area contributed by atoms with Crippen LogP contribution in [0, 0.1) is 5.41 Å². The zero-order valence-corrected chi connectivity index (χ0v) is 17.0. The van der Waals surface area contributed by atoms with Crippen LogP contribution in [-0.2, 0) is 24.6 Å². The smallest absolute Gasteiger partial charge is 0.372 e. The quantitative estimate of drug-likeness (QED) is 0.384. The summed E-state index contributed by atoms with van der Waals surface area (Å²) in [6, 6.07) is 9.19. The highest BCUT2D eigenvalue weighted by molar-refractivity contribution is 7.75. The fourth-order valence-electron chi connectivity index (χ4n) is 2.74. The number of hydrogen-bond donors (Lipinski definition) is 3. The molecule has 0 bridgehead atoms. The van der Waals surface area contributed by atoms with Crippen LogP contribution in [0.2, 0.25) is 0 Å². The SMILES string of the molecule is CC(=N)Oc1ccc(C2OP(C)(=O)C(O)(Cc3cccnc3)P(=O)(O)O2)cc1. The molecule has 1 aromatic carbocycles. The Kier molecular flexibility index (Phi) is 5.60. The first kappa shape index (κ1) is 20.9. The molecule has 11 heteroatoms. The average Bonchev–Trinajstić information content (AvgIpc) is 2.60. The molecule has 4 unspecified atom stereocenters. The van der Waals surface area contributed by atoms with Gasteiger partial charge < -0.3 is 14.7 Å². The fraction of sp³-hybridized carbons (Fsp3) is 0.294. The van der Waals surface area contributed by atoms with Crippen LogP contribution in [0.1, 0.15) is 24.3 Å². The van der Waals surface area contributed by atoms with E-state index in [1.165, 1.54) is 43.6 Å². The lowest BCUT2D eigenvalue weighted by Gasteiger charge is -2.43. The van der Waals surface area contributed by atoms with E-state index < -0.39 is 32.8 Å². The number of benzene rings is 1. The van der Waals surface area contributed by atoms with Gasteiger partial charge in [-0.1, -0.05) is 18.2 Å². The van der Waals surface area contributed by atoms with E-state index in [0.29, 0.717) is 16.9 Å². The minimum absolute atomic E-state index is 0.00343. The van der Waals surface area contributed by atoms with Crippen LogP contribution in [-0.4, -0.2) is 32.6 Å². The molecule has 1 aliphatic rings. The summed E-state index contributed by atoms with van der Waals surface area (Å²) >= 11 is 0. The van der Waals surface area contributed by atoms with Gasteiger partial charge in [-0.25, -0.2) is 0 Å². The first-order valence-corrected chi connectivity index (χ1v) is 11.9. The standard InChI is InChI=1S/C17H20N2O7P2/c1-12(18)24-15-7-5-14(6-8-15)16-25-27(2,21)17(20,28(22,23)26-16)10-13-4-3-9-19-11-13/h3-9,11,16,18,20H,10H2,1-2H3,(H,22,23). The Labute approximate surface area is 161 Å². The predicted molar refractivity (Wildman–Crippen MR) is 102 cm³/mol. The summed E-state index contributed by atoms with van der Waals surface area (Å²) in [6.45, 7) is 2.58. The molecule has 0 spiro atoms. The number of rotatable bonds is 4. The third-order valence-electron chi connectivity index (χ3n) is 4.23. The van der Waals surface area contributed by atoms with Crippen LogP contribution >= 0.6 is 15.0 Å². The maximum absolute atomic E-state index is 13.1. The molecule has 0 saturated carbocycles. The van der Waals surface area contributed by atoms with Gasteiger partial charge in [-0.05, 0) is 23.8 Å². The monoisotopic (exact) mass is 426 g/mol. The molecule has 4 atom stereocenters. The molecule has 2 aromatic rings. The molecule has 1 aliphatic heterocycles. The summed E-state index contributed by atoms with van der Waals surface area (Å²) in [7, 11) is -8.80. The summed E-state index contributed by atoms with van der Waals surface area (Å²) in [4.78, 5) is 14.3. The number of ether oxygens (including phenoxy) is 1. The van der Waals surface area contributed by atoms with Crippen LogP contribution in [0.5, 0.6) is 5.75 Å². The topological polar surface area (TPSA) is 139 Å². The van der Waals surface area contributed by atoms with Gasteiger partial charge in [0, 0.05) is 38.0 Å². The molecular formula is C17H20N2O7P2. The summed E-state index contributed by atoms with van der Waals surface area (Å²) in [5.74, 6) is 0.378. The van der Waals surface area contributed by atoms with Crippen LogP contribution in [0.4, 0.5) is 0 Å². The van der Waals surface area contributed by atoms with Crippen molar-refractivity contribution in [2.75, 3.05) is 6.66 Å². The van der Waals surface area contributed by atoms with Gasteiger partial charge in [-0.15, -0.1) is 0 Å². The normalized spacial score (nSPS) is 32.6. The van der Waals surface area contributed by atoms with Gasteiger partial charge in [0.1, 0.15) is 5.75 Å². The average molecular weight is 426 g/mol. The minimum Gasteiger partial charge on any atom is -0.444 e. The first-order valence-electron chi connectivity index (χ1n) is 8.26. The lowest BCUT2D eigenvalue weighted by molar-refractivity contribution is -0.0439. The molecule has 3 N–H and O–H groups in total. The van der Waals surface area contributed by atoms with Gasteiger partial charge in [0.05, 0.1) is 0 Å². The number of nitrogens with zero attached hydrogens (tertiary/aromatic N) is 1. The second-order valence-electron chi connectivity index (χ2n) is 6.45. The Morgan fingerprint density at radius 3 is 2.50 bits per heavy atom. The van der Waals surface area contributed by atoms with Crippen molar-refractivity contribution >= 4 is 20.9 Å². The van der Waals surface area contributed by atoms with Gasteiger partial charge in [0.25, 0.3) is 0 Å². The number of aromatic nitrogens is 1. The molecule has 1 aromatic heterocycles. The van der Waals surface area contributed by atoms with Crippen LogP contribution < -0.4 is 4.74 Å². The van der Waals surface area contributed by atoms with Crippen molar-refractivity contribution in [3.8, 4) is 5.75 Å². The van der Waals surface area contributed by atoms with Crippen molar-refractivity contribution in [2.24, 2.45) is 0 Å². The van der Waals surface area contributed by atoms with Crippen molar-refractivity contribution in [3.05, 3.63) is 59.9 Å². The molecular weight excluding hydrogens is 406 g/mol. The van der Waals surface area contributed by atoms with Gasteiger partial charge in [0.15, 0.2) is 12.2 Å². The molecule has 3 rings (SSSR count). The Bertz CT molecular complexity index is 939. The molecule has 28 heavy (non-hydrogen) atoms. The highest BCUT2D eigenvalue weighted by Crippen LogP contribution is 2.79. The van der Waals surface area contributed by atoms with Crippen molar-refractivity contribution in [2.45, 2.75) is 24.7 Å². The third kappa shape index (κ3) is 3.96. The van der Waals surface area contributed by atoms with Gasteiger partial charge >= 0.3 is 7.60 Å². The molecule has 2 heterocycles. The Balaban J connectivity index is 1.88. The molecule has 0 radical (unpaired) electrons. The van der Waals surface area contributed by atoms with Crippen molar-refractivity contribution in [1.82, 2.24) is 4.98 Å². The third-order valence-corrected chi connectivity index (χ3v) is 9.67. The minimum atomic E-state index is -4.78. The Morgan fingerprint density at radius 1 is 1.29 bits per heavy atom. The van der Waals surface area contributed by atoms with Gasteiger partial charge in [-0.2, -0.15) is 0 Å². The van der Waals surface area contributed by atoms with Crippen LogP contribution in [0.3, 0.4) is 0 Å². The van der Waals surface area contributed by atoms with Crippen molar-refractivity contribution in [1.29, 1.82) is 5.41 Å². The second kappa shape index (κ2) is 7.52. The lowest BCUT2D eigenvalue weighted by atomic mass is 10.2. The number of hydrogen-bond acceptors (Lipinski definition) is 8. The maximum atomic E-state index is 13.1.